The zero-order chi connectivity index (χ0) is 47.2. The largest absolute Gasteiger partial charge is 0.370 e. The third-order valence-corrected chi connectivity index (χ3v) is 11.4. The van der Waals surface area contributed by atoms with E-state index in [1.54, 1.807) is 36.5 Å². The Morgan fingerprint density at radius 2 is 1.44 bits per heavy atom. The number of guanidine groups is 1. The maximum Gasteiger partial charge on any atom is 0.325 e. The van der Waals surface area contributed by atoms with Gasteiger partial charge in [0.2, 0.25) is 35.4 Å². The van der Waals surface area contributed by atoms with E-state index in [9.17, 15) is 38.4 Å². The molecule has 22 nitrogen and oxygen atoms in total. The fraction of sp³-hybridized carbons (Fsp3) is 0.409. The fourth-order valence-corrected chi connectivity index (χ4v) is 7.94. The van der Waals surface area contributed by atoms with Crippen LogP contribution in [0.15, 0.2) is 78.3 Å². The molecule has 2 bridgehead atoms. The van der Waals surface area contributed by atoms with Crippen molar-refractivity contribution in [3.05, 3.63) is 90.1 Å². The second-order valence-corrected chi connectivity index (χ2v) is 16.2. The van der Waals surface area contributed by atoms with Crippen molar-refractivity contribution in [3.63, 3.8) is 0 Å². The van der Waals surface area contributed by atoms with Gasteiger partial charge in [0.15, 0.2) is 5.96 Å². The summed E-state index contributed by atoms with van der Waals surface area (Å²) in [5.74, 6) is -5.32. The van der Waals surface area contributed by atoms with Gasteiger partial charge in [-0.1, -0.05) is 48.5 Å². The van der Waals surface area contributed by atoms with Crippen LogP contribution in [0.3, 0.4) is 0 Å². The number of carbonyl (C=O) groups is 8. The first-order valence-electron chi connectivity index (χ1n) is 21.8. The summed E-state index contributed by atoms with van der Waals surface area (Å²) in [5, 5.41) is 17.1. The van der Waals surface area contributed by atoms with Crippen molar-refractivity contribution in [2.75, 3.05) is 13.1 Å². The second kappa shape index (κ2) is 22.7. The summed E-state index contributed by atoms with van der Waals surface area (Å²) in [7, 11) is 0. The van der Waals surface area contributed by atoms with E-state index in [2.05, 4.69) is 51.8 Å². The number of nitrogens with two attached hydrogens (primary N) is 3. The standard InChI is InChI=1S/C44H56N14O8/c45-37(60)30-13-6-7-17-49-36(59)16-15-32-42(65)58(44(66)57-32)35(21-27-23-48-24-52-27)41(64)56-33(19-25-9-2-1-3-10-25)39(62)54-31(14-8-18-50-43(46)47)38(61)55-34(40(63)53-30)20-26-22-51-29-12-5-4-11-28(26)29/h1-5,9-12,22-24,30-35,51H,6-8,13-21H2,(H2,45,60)(H,48,52)(H,49,59)(H,53,63)(H,54,62)(H,55,61)(H,56,64)(H,57,66)(H4,46,47,50)/t30-,31-,32-,33+,34-,35-/m0/s1. The zero-order valence-corrected chi connectivity index (χ0v) is 36.2. The SMILES string of the molecule is NC(=O)[C@@H]1CCCCNC(=O)CC[C@@H]2NC(=O)N(C2=O)[C@@H](Cc2cnc[nH]2)C(=O)N[C@H](Cc2ccccc2)C(=O)N[C@@H](CCCN=C(N)N)C(=O)N[C@@H](Cc2c[nH]c3ccccc23)C(=O)N1. The van der Waals surface area contributed by atoms with Crippen LogP contribution in [0, 0.1) is 0 Å². The average Bonchev–Trinajstić information content (AvgIpc) is 4.03. The number of nitrogens with zero attached hydrogens (tertiary/aromatic N) is 3. The van der Waals surface area contributed by atoms with Crippen molar-refractivity contribution in [3.8, 4) is 0 Å². The molecule has 0 aliphatic carbocycles. The first-order chi connectivity index (χ1) is 31.8. The van der Waals surface area contributed by atoms with Gasteiger partial charge < -0.3 is 59.1 Å². The number of H-pyrrole nitrogens is 2. The molecule has 9 amide bonds. The number of aromatic nitrogens is 3. The molecular weight excluding hydrogens is 853 g/mol. The van der Waals surface area contributed by atoms with Crippen LogP contribution in [-0.4, -0.2) is 123 Å². The summed E-state index contributed by atoms with van der Waals surface area (Å²) >= 11 is 0. The summed E-state index contributed by atoms with van der Waals surface area (Å²) in [6.07, 6.45) is 4.98. The van der Waals surface area contributed by atoms with Gasteiger partial charge in [0.05, 0.1) is 6.33 Å². The van der Waals surface area contributed by atoms with Gasteiger partial charge in [0.25, 0.3) is 5.91 Å². The van der Waals surface area contributed by atoms with Crippen LogP contribution in [-0.2, 0) is 52.8 Å². The van der Waals surface area contributed by atoms with Crippen LogP contribution in [0.2, 0.25) is 0 Å². The Hall–Kier alpha value is -7.78. The maximum atomic E-state index is 14.6. The number of fused-ring (bicyclic) bond motifs is 3. The topological polar surface area (TPSA) is 347 Å². The first-order valence-corrected chi connectivity index (χ1v) is 21.8. The lowest BCUT2D eigenvalue weighted by molar-refractivity contribution is -0.138. The van der Waals surface area contributed by atoms with Crippen molar-refractivity contribution in [1.82, 2.24) is 51.8 Å². The number of hydrogen-bond donors (Lipinski definition) is 11. The summed E-state index contributed by atoms with van der Waals surface area (Å²) in [6.45, 7) is 0.277. The van der Waals surface area contributed by atoms with E-state index in [-0.39, 0.29) is 70.4 Å². The highest BCUT2D eigenvalue weighted by Gasteiger charge is 2.45. The lowest BCUT2D eigenvalue weighted by Gasteiger charge is -2.28. The summed E-state index contributed by atoms with van der Waals surface area (Å²) in [4.78, 5) is 126. The Bertz CT molecular complexity index is 2400. The quantitative estimate of drug-likeness (QED) is 0.0366. The molecule has 6 rings (SSSR count). The zero-order valence-electron chi connectivity index (χ0n) is 36.2. The van der Waals surface area contributed by atoms with E-state index in [0.29, 0.717) is 29.7 Å². The number of hydrogen-bond acceptors (Lipinski definition) is 10. The molecular formula is C44H56N14O8. The number of aliphatic imine (C=N–C) groups is 1. The minimum absolute atomic E-state index is 0.0332. The third kappa shape index (κ3) is 12.9. The van der Waals surface area contributed by atoms with Gasteiger partial charge in [-0.3, -0.25) is 38.6 Å². The van der Waals surface area contributed by atoms with E-state index in [4.69, 9.17) is 17.2 Å². The van der Waals surface area contributed by atoms with Crippen LogP contribution < -0.4 is 49.1 Å². The van der Waals surface area contributed by atoms with E-state index in [1.165, 1.54) is 12.5 Å². The van der Waals surface area contributed by atoms with Crippen LogP contribution >= 0.6 is 0 Å². The monoisotopic (exact) mass is 908 g/mol. The van der Waals surface area contributed by atoms with Crippen LogP contribution in [0.4, 0.5) is 4.79 Å². The number of rotatable bonds is 11. The smallest absolute Gasteiger partial charge is 0.325 e. The predicted molar refractivity (Wildman–Crippen MR) is 240 cm³/mol. The molecule has 66 heavy (non-hydrogen) atoms. The fourth-order valence-electron chi connectivity index (χ4n) is 7.94. The highest BCUT2D eigenvalue weighted by molar-refractivity contribution is 6.08. The molecule has 0 unspecified atom stereocenters. The number of carbonyl (C=O) groups excluding carboxylic acids is 8. The number of imide groups is 1. The molecule has 350 valence electrons. The van der Waals surface area contributed by atoms with Gasteiger partial charge in [-0.15, -0.1) is 0 Å². The lowest BCUT2D eigenvalue weighted by atomic mass is 10.0. The van der Waals surface area contributed by atoms with Gasteiger partial charge in [-0.05, 0) is 55.7 Å². The lowest BCUT2D eigenvalue weighted by Crippen LogP contribution is -2.60. The van der Waals surface area contributed by atoms with E-state index in [0.717, 1.165) is 15.8 Å². The highest BCUT2D eigenvalue weighted by atomic mass is 16.2. The van der Waals surface area contributed by atoms with E-state index >= 15 is 0 Å². The van der Waals surface area contributed by atoms with E-state index < -0.39 is 83.6 Å². The molecule has 2 aromatic carbocycles. The Kier molecular flexibility index (Phi) is 16.4. The van der Waals surface area contributed by atoms with Crippen molar-refractivity contribution >= 4 is 64.2 Å². The van der Waals surface area contributed by atoms with Gasteiger partial charge >= 0.3 is 6.03 Å². The summed E-state index contributed by atoms with van der Waals surface area (Å²) in [5.41, 5.74) is 19.3. The molecule has 2 aliphatic rings. The number of imidazole rings is 1. The molecule has 4 aromatic rings. The second-order valence-electron chi connectivity index (χ2n) is 16.2. The molecule has 2 saturated heterocycles. The minimum atomic E-state index is -1.49. The molecule has 2 aromatic heterocycles. The highest BCUT2D eigenvalue weighted by Crippen LogP contribution is 2.21. The van der Waals surface area contributed by atoms with Gasteiger partial charge in [-0.25, -0.2) is 14.7 Å². The Morgan fingerprint density at radius 3 is 2.18 bits per heavy atom. The molecule has 6 atom stereocenters. The molecule has 0 radical (unpaired) electrons. The number of benzene rings is 2. The molecule has 2 aliphatic heterocycles. The van der Waals surface area contributed by atoms with Gasteiger partial charge in [0, 0.05) is 67.8 Å². The van der Waals surface area contributed by atoms with Crippen LogP contribution in [0.25, 0.3) is 10.9 Å². The number of nitrogens with one attached hydrogen (secondary N) is 8. The number of aromatic amines is 2. The van der Waals surface area contributed by atoms with Crippen molar-refractivity contribution < 1.29 is 38.4 Å². The Balaban J connectivity index is 1.36. The molecule has 4 heterocycles. The maximum absolute atomic E-state index is 14.6. The molecule has 22 heteroatoms. The van der Waals surface area contributed by atoms with Crippen molar-refractivity contribution in [2.24, 2.45) is 22.2 Å². The molecule has 0 saturated carbocycles. The minimum Gasteiger partial charge on any atom is -0.370 e. The number of primary amides is 1. The third-order valence-electron chi connectivity index (χ3n) is 11.4. The first kappa shape index (κ1) is 47.7. The average molecular weight is 909 g/mol. The van der Waals surface area contributed by atoms with Gasteiger partial charge in [-0.2, -0.15) is 0 Å². The van der Waals surface area contributed by atoms with Crippen molar-refractivity contribution in [1.29, 1.82) is 0 Å². The van der Waals surface area contributed by atoms with Crippen LogP contribution in [0.5, 0.6) is 0 Å². The van der Waals surface area contributed by atoms with E-state index in [1.807, 2.05) is 24.3 Å². The predicted octanol–water partition coefficient (Wildman–Crippen LogP) is -1.23. The molecule has 0 spiro atoms. The number of para-hydroxylation sites is 1. The number of amides is 9. The van der Waals surface area contributed by atoms with Crippen LogP contribution in [0.1, 0.15) is 61.8 Å². The van der Waals surface area contributed by atoms with Crippen molar-refractivity contribution in [2.45, 2.75) is 100 Å². The number of urea groups is 1. The Morgan fingerprint density at radius 1 is 0.742 bits per heavy atom. The molecule has 14 N–H and O–H groups in total. The Labute approximate surface area is 379 Å². The normalized spacial score (nSPS) is 23.1. The van der Waals surface area contributed by atoms with Gasteiger partial charge in [0.1, 0.15) is 36.3 Å². The molecule has 2 fully saturated rings. The summed E-state index contributed by atoms with van der Waals surface area (Å²) < 4.78 is 0. The summed E-state index contributed by atoms with van der Waals surface area (Å²) in [6, 6.07) is 7.45.